The van der Waals surface area contributed by atoms with Gasteiger partial charge in [0.05, 0.1) is 11.2 Å². The number of carbonyl (C=O) groups excluding carboxylic acids is 4. The van der Waals surface area contributed by atoms with E-state index < -0.39 is 50.4 Å². The second-order valence-electron chi connectivity index (χ2n) is 7.68. The Morgan fingerprint density at radius 1 is 1.19 bits per heavy atom. The number of benzene rings is 1. The van der Waals surface area contributed by atoms with Crippen molar-refractivity contribution < 1.29 is 28.7 Å². The summed E-state index contributed by atoms with van der Waals surface area (Å²) >= 11 is 18.2. The Morgan fingerprint density at radius 2 is 1.84 bits per heavy atom. The lowest BCUT2D eigenvalue weighted by molar-refractivity contribution is -0.165. The van der Waals surface area contributed by atoms with Gasteiger partial charge in [0.25, 0.3) is 0 Å². The molecule has 4 atom stereocenters. The van der Waals surface area contributed by atoms with Crippen LogP contribution < -0.4 is 5.32 Å². The summed E-state index contributed by atoms with van der Waals surface area (Å²) in [5.74, 6) is -2.08. The van der Waals surface area contributed by atoms with Gasteiger partial charge in [-0.1, -0.05) is 65.1 Å². The number of hydrogen-bond acceptors (Lipinski definition) is 7. The summed E-state index contributed by atoms with van der Waals surface area (Å²) in [4.78, 5) is 50.8. The van der Waals surface area contributed by atoms with Gasteiger partial charge in [-0.15, -0.1) is 11.8 Å². The number of fused-ring (bicyclic) bond motifs is 1. The van der Waals surface area contributed by atoms with E-state index in [2.05, 4.69) is 5.32 Å². The molecule has 8 nitrogen and oxygen atoms in total. The highest BCUT2D eigenvalue weighted by Crippen LogP contribution is 2.51. The number of hydrogen-bond donors (Lipinski definition) is 1. The van der Waals surface area contributed by atoms with Crippen LogP contribution in [0.3, 0.4) is 0 Å². The van der Waals surface area contributed by atoms with E-state index in [-0.39, 0.29) is 18.9 Å². The summed E-state index contributed by atoms with van der Waals surface area (Å²) in [5, 5.41) is 2.20. The summed E-state index contributed by atoms with van der Waals surface area (Å²) in [6.45, 7) is 2.26. The quantitative estimate of drug-likeness (QED) is 0.332. The number of nitrogens with zero attached hydrogens (tertiary/aromatic N) is 1. The molecule has 32 heavy (non-hydrogen) atoms. The molecule has 12 heteroatoms. The molecule has 0 radical (unpaired) electrons. The zero-order valence-electron chi connectivity index (χ0n) is 17.2. The normalized spacial score (nSPS) is 26.7. The number of β-lactam (4-membered cyclic amide) rings is 1. The SMILES string of the molecule is CC(=O)OCC1(C)S[C@H]2C(NC(=O)Cc3ccccc3)C(=O)N2C1C(=O)OCC(Cl)(Cl)Cl. The first-order valence-electron chi connectivity index (χ1n) is 9.61. The molecule has 2 aliphatic rings. The Morgan fingerprint density at radius 3 is 2.44 bits per heavy atom. The Kier molecular flexibility index (Phi) is 7.54. The van der Waals surface area contributed by atoms with Crippen molar-refractivity contribution in [2.24, 2.45) is 0 Å². The molecule has 3 unspecified atom stereocenters. The fourth-order valence-corrected chi connectivity index (χ4v) is 5.45. The molecule has 2 aliphatic heterocycles. The molecule has 0 spiro atoms. The third-order valence-corrected chi connectivity index (χ3v) is 6.96. The number of esters is 2. The predicted molar refractivity (Wildman–Crippen MR) is 120 cm³/mol. The second-order valence-corrected chi connectivity index (χ2v) is 11.8. The van der Waals surface area contributed by atoms with Crippen molar-refractivity contribution in [3.05, 3.63) is 35.9 Å². The fourth-order valence-electron chi connectivity index (χ4n) is 3.61. The van der Waals surface area contributed by atoms with E-state index in [1.807, 2.05) is 30.3 Å². The lowest BCUT2D eigenvalue weighted by Crippen LogP contribution is -2.71. The fraction of sp³-hybridized carbons (Fsp3) is 0.500. The summed E-state index contributed by atoms with van der Waals surface area (Å²) in [7, 11) is 0. The van der Waals surface area contributed by atoms with Crippen molar-refractivity contribution in [1.82, 2.24) is 10.2 Å². The van der Waals surface area contributed by atoms with Crippen LogP contribution in [-0.4, -0.2) is 67.9 Å². The van der Waals surface area contributed by atoms with E-state index in [0.717, 1.165) is 5.56 Å². The first kappa shape index (κ1) is 25.0. The predicted octanol–water partition coefficient (Wildman–Crippen LogP) is 2.23. The Hall–Kier alpha value is -1.68. The number of alkyl halides is 3. The molecule has 0 saturated carbocycles. The molecule has 0 bridgehead atoms. The Labute approximate surface area is 204 Å². The summed E-state index contributed by atoms with van der Waals surface area (Å²) < 4.78 is 7.42. The number of nitrogens with one attached hydrogen (secondary N) is 1. The number of carbonyl (C=O) groups is 4. The Balaban J connectivity index is 1.73. The third-order valence-electron chi connectivity index (χ3n) is 5.01. The molecule has 1 aromatic rings. The van der Waals surface area contributed by atoms with Crippen LogP contribution >= 0.6 is 46.6 Å². The average Bonchev–Trinajstić information content (AvgIpc) is 2.99. The van der Waals surface area contributed by atoms with Crippen LogP contribution in [0.15, 0.2) is 30.3 Å². The van der Waals surface area contributed by atoms with Gasteiger partial charge in [-0.2, -0.15) is 0 Å². The van der Waals surface area contributed by atoms with Gasteiger partial charge < -0.3 is 19.7 Å². The van der Waals surface area contributed by atoms with Crippen molar-refractivity contribution >= 4 is 70.3 Å². The number of halogens is 3. The van der Waals surface area contributed by atoms with E-state index in [4.69, 9.17) is 44.3 Å². The molecule has 3 rings (SSSR count). The van der Waals surface area contributed by atoms with E-state index in [0.29, 0.717) is 0 Å². The highest BCUT2D eigenvalue weighted by Gasteiger charge is 2.66. The minimum absolute atomic E-state index is 0.113. The van der Waals surface area contributed by atoms with Crippen molar-refractivity contribution in [2.45, 2.75) is 46.3 Å². The van der Waals surface area contributed by atoms with Crippen LogP contribution in [0, 0.1) is 0 Å². The minimum Gasteiger partial charge on any atom is -0.464 e. The molecule has 1 aromatic carbocycles. The van der Waals surface area contributed by atoms with E-state index in [9.17, 15) is 19.2 Å². The van der Waals surface area contributed by atoms with E-state index in [1.165, 1.54) is 23.6 Å². The van der Waals surface area contributed by atoms with Crippen LogP contribution in [0.1, 0.15) is 19.4 Å². The molecule has 2 amide bonds. The van der Waals surface area contributed by atoms with Gasteiger partial charge >= 0.3 is 11.9 Å². The first-order valence-corrected chi connectivity index (χ1v) is 11.6. The maximum atomic E-state index is 12.9. The first-order chi connectivity index (χ1) is 14.9. The summed E-state index contributed by atoms with van der Waals surface area (Å²) in [6.07, 6.45) is 0.113. The van der Waals surface area contributed by atoms with Gasteiger partial charge in [0.1, 0.15) is 30.7 Å². The molecular formula is C20H21Cl3N2O6S. The smallest absolute Gasteiger partial charge is 0.330 e. The van der Waals surface area contributed by atoms with Gasteiger partial charge in [-0.3, -0.25) is 14.4 Å². The van der Waals surface area contributed by atoms with Crippen molar-refractivity contribution in [3.63, 3.8) is 0 Å². The molecule has 0 aromatic heterocycles. The highest BCUT2D eigenvalue weighted by atomic mass is 35.6. The molecule has 2 fully saturated rings. The molecule has 174 valence electrons. The zero-order valence-corrected chi connectivity index (χ0v) is 20.3. The maximum Gasteiger partial charge on any atom is 0.330 e. The van der Waals surface area contributed by atoms with Gasteiger partial charge in [-0.05, 0) is 12.5 Å². The van der Waals surface area contributed by atoms with Crippen molar-refractivity contribution in [1.29, 1.82) is 0 Å². The average molecular weight is 524 g/mol. The van der Waals surface area contributed by atoms with E-state index in [1.54, 1.807) is 6.92 Å². The monoisotopic (exact) mass is 522 g/mol. The van der Waals surface area contributed by atoms with Gasteiger partial charge in [0, 0.05) is 6.92 Å². The number of amides is 2. The van der Waals surface area contributed by atoms with E-state index >= 15 is 0 Å². The van der Waals surface area contributed by atoms with Crippen LogP contribution in [0.2, 0.25) is 0 Å². The number of rotatable bonds is 7. The molecule has 1 N–H and O–H groups in total. The maximum absolute atomic E-state index is 12.9. The minimum atomic E-state index is -1.82. The van der Waals surface area contributed by atoms with Crippen LogP contribution in [0.25, 0.3) is 0 Å². The largest absolute Gasteiger partial charge is 0.464 e. The topological polar surface area (TPSA) is 102 Å². The molecule has 0 aliphatic carbocycles. The van der Waals surface area contributed by atoms with Gasteiger partial charge in [-0.25, -0.2) is 4.79 Å². The highest BCUT2D eigenvalue weighted by molar-refractivity contribution is 8.01. The van der Waals surface area contributed by atoms with Crippen LogP contribution in [0.4, 0.5) is 0 Å². The number of thioether (sulfide) groups is 1. The molecular weight excluding hydrogens is 503 g/mol. The van der Waals surface area contributed by atoms with Crippen molar-refractivity contribution in [3.8, 4) is 0 Å². The molecule has 2 heterocycles. The second kappa shape index (κ2) is 9.67. The van der Waals surface area contributed by atoms with Crippen LogP contribution in [-0.2, 0) is 35.1 Å². The van der Waals surface area contributed by atoms with Crippen molar-refractivity contribution in [2.75, 3.05) is 13.2 Å². The Bertz CT molecular complexity index is 912. The lowest BCUT2D eigenvalue weighted by atomic mass is 9.95. The lowest BCUT2D eigenvalue weighted by Gasteiger charge is -2.44. The number of ether oxygens (including phenoxy) is 2. The molecule has 2 saturated heterocycles. The summed E-state index contributed by atoms with van der Waals surface area (Å²) in [6, 6.07) is 7.20. The standard InChI is InChI=1S/C20H21Cl3N2O6S/c1-11(26)30-9-19(2)15(18(29)31-10-20(21,22)23)25-16(28)14(17(25)32-19)24-13(27)8-12-6-4-3-5-7-12/h3-7,14-15,17H,8-10H2,1-2H3,(H,24,27)/t14?,15?,17-,19?/m0/s1. The summed E-state index contributed by atoms with van der Waals surface area (Å²) in [5.41, 5.74) is 0.806. The zero-order chi connectivity index (χ0) is 23.7. The third kappa shape index (κ3) is 5.62. The van der Waals surface area contributed by atoms with Gasteiger partial charge in [0.15, 0.2) is 0 Å². The van der Waals surface area contributed by atoms with Gasteiger partial charge in [0.2, 0.25) is 15.6 Å². The van der Waals surface area contributed by atoms with Crippen LogP contribution in [0.5, 0.6) is 0 Å².